The molecule has 0 saturated heterocycles. The molecule has 0 atom stereocenters. The second-order valence-electron chi connectivity index (χ2n) is 6.37. The molecule has 2 amide bonds. The second kappa shape index (κ2) is 7.84. The molecule has 1 heterocycles. The van der Waals surface area contributed by atoms with E-state index in [1.807, 2.05) is 44.2 Å². The fourth-order valence-electron chi connectivity index (χ4n) is 2.82. The van der Waals surface area contributed by atoms with Crippen LogP contribution < -0.4 is 16.2 Å². The minimum Gasteiger partial charge on any atom is -0.451 e. The van der Waals surface area contributed by atoms with Crippen LogP contribution in [0.2, 0.25) is 0 Å². The Labute approximate surface area is 165 Å². The van der Waals surface area contributed by atoms with Gasteiger partial charge in [-0.25, -0.2) is 0 Å². The maximum absolute atomic E-state index is 12.3. The lowest BCUT2D eigenvalue weighted by molar-refractivity contribution is -0.120. The molecule has 0 aliphatic rings. The van der Waals surface area contributed by atoms with Gasteiger partial charge < -0.3 is 9.73 Å². The molecular weight excluding hydrogens is 410 g/mol. The number of amides is 2. The molecule has 2 aromatic carbocycles. The Balaban J connectivity index is 1.59. The number of rotatable bonds is 4. The van der Waals surface area contributed by atoms with Gasteiger partial charge in [0.05, 0.1) is 6.54 Å². The largest absolute Gasteiger partial charge is 0.451 e. The van der Waals surface area contributed by atoms with Gasteiger partial charge >= 0.3 is 5.91 Å². The fourth-order valence-corrected chi connectivity index (χ4v) is 3.19. The van der Waals surface area contributed by atoms with E-state index in [-0.39, 0.29) is 18.2 Å². The van der Waals surface area contributed by atoms with Crippen molar-refractivity contribution in [2.45, 2.75) is 20.8 Å². The summed E-state index contributed by atoms with van der Waals surface area (Å²) in [7, 11) is 0. The third-order valence-electron chi connectivity index (χ3n) is 4.24. The van der Waals surface area contributed by atoms with Crippen LogP contribution in [0.25, 0.3) is 11.0 Å². The molecule has 3 N–H and O–H groups in total. The summed E-state index contributed by atoms with van der Waals surface area (Å²) in [4.78, 5) is 24.3. The van der Waals surface area contributed by atoms with E-state index in [1.54, 1.807) is 13.0 Å². The van der Waals surface area contributed by atoms with Gasteiger partial charge in [0.2, 0.25) is 0 Å². The van der Waals surface area contributed by atoms with E-state index in [1.165, 1.54) is 0 Å². The normalized spacial score (nSPS) is 10.7. The van der Waals surface area contributed by atoms with Gasteiger partial charge in [-0.15, -0.1) is 0 Å². The van der Waals surface area contributed by atoms with Crippen LogP contribution in [-0.2, 0) is 4.79 Å². The summed E-state index contributed by atoms with van der Waals surface area (Å²) in [5, 5.41) is 3.90. The zero-order chi connectivity index (χ0) is 19.6. The number of hydrogen-bond donors (Lipinski definition) is 3. The molecule has 0 bridgehead atoms. The van der Waals surface area contributed by atoms with Crippen LogP contribution >= 0.6 is 15.9 Å². The molecule has 140 valence electrons. The number of nitrogens with one attached hydrogen (secondary N) is 3. The topological polar surface area (TPSA) is 83.4 Å². The summed E-state index contributed by atoms with van der Waals surface area (Å²) in [6, 6.07) is 11.4. The van der Waals surface area contributed by atoms with Crippen molar-refractivity contribution in [1.82, 2.24) is 10.9 Å². The van der Waals surface area contributed by atoms with E-state index in [0.29, 0.717) is 11.1 Å². The minimum atomic E-state index is -0.500. The molecule has 0 unspecified atom stereocenters. The third kappa shape index (κ3) is 4.31. The van der Waals surface area contributed by atoms with Crippen LogP contribution in [0.5, 0.6) is 0 Å². The van der Waals surface area contributed by atoms with E-state index in [4.69, 9.17) is 4.42 Å². The molecule has 0 fully saturated rings. The number of anilines is 1. The lowest BCUT2D eigenvalue weighted by Gasteiger charge is -2.11. The molecular formula is C20H20BrN3O3. The van der Waals surface area contributed by atoms with E-state index in [9.17, 15) is 9.59 Å². The van der Waals surface area contributed by atoms with Crippen molar-refractivity contribution in [3.05, 3.63) is 63.3 Å². The average molecular weight is 430 g/mol. The number of benzene rings is 2. The van der Waals surface area contributed by atoms with Crippen LogP contribution in [-0.4, -0.2) is 18.4 Å². The average Bonchev–Trinajstić information content (AvgIpc) is 2.95. The highest BCUT2D eigenvalue weighted by atomic mass is 79.9. The van der Waals surface area contributed by atoms with Gasteiger partial charge in [0.25, 0.3) is 5.91 Å². The molecule has 1 aromatic heterocycles. The zero-order valence-electron chi connectivity index (χ0n) is 15.3. The molecule has 0 aliphatic heterocycles. The summed E-state index contributed by atoms with van der Waals surface area (Å²) in [5.74, 6) is -0.690. The Morgan fingerprint density at radius 2 is 1.81 bits per heavy atom. The number of carbonyl (C=O) groups is 2. The van der Waals surface area contributed by atoms with Gasteiger partial charge in [0, 0.05) is 21.1 Å². The van der Waals surface area contributed by atoms with Crippen molar-refractivity contribution in [3.63, 3.8) is 0 Å². The van der Waals surface area contributed by atoms with E-state index >= 15 is 0 Å². The number of furan rings is 1. The van der Waals surface area contributed by atoms with Crippen molar-refractivity contribution >= 4 is 44.4 Å². The predicted molar refractivity (Wildman–Crippen MR) is 109 cm³/mol. The van der Waals surface area contributed by atoms with Crippen LogP contribution in [0.15, 0.2) is 45.3 Å². The number of aryl methyl sites for hydroxylation is 3. The first kappa shape index (κ1) is 19.0. The maximum atomic E-state index is 12.3. The van der Waals surface area contributed by atoms with Gasteiger partial charge in [0.15, 0.2) is 5.76 Å². The number of hydrazine groups is 1. The highest BCUT2D eigenvalue weighted by Gasteiger charge is 2.18. The Bertz CT molecular complexity index is 1030. The molecule has 0 radical (unpaired) electrons. The highest BCUT2D eigenvalue weighted by molar-refractivity contribution is 9.10. The summed E-state index contributed by atoms with van der Waals surface area (Å²) in [6.07, 6.45) is 0. The Morgan fingerprint density at radius 1 is 1.04 bits per heavy atom. The first-order valence-corrected chi connectivity index (χ1v) is 9.23. The van der Waals surface area contributed by atoms with Gasteiger partial charge in [-0.3, -0.25) is 20.4 Å². The quantitative estimate of drug-likeness (QED) is 0.547. The van der Waals surface area contributed by atoms with Crippen LogP contribution in [0.3, 0.4) is 0 Å². The molecule has 0 saturated carbocycles. The third-order valence-corrected chi connectivity index (χ3v) is 4.73. The maximum Gasteiger partial charge on any atom is 0.305 e. The lowest BCUT2D eigenvalue weighted by Crippen LogP contribution is -2.44. The fraction of sp³-hybridized carbons (Fsp3) is 0.200. The first-order valence-electron chi connectivity index (χ1n) is 8.44. The van der Waals surface area contributed by atoms with Crippen LogP contribution in [0.1, 0.15) is 27.2 Å². The van der Waals surface area contributed by atoms with Crippen LogP contribution in [0, 0.1) is 20.8 Å². The summed E-state index contributed by atoms with van der Waals surface area (Å²) in [6.45, 7) is 5.82. The van der Waals surface area contributed by atoms with Gasteiger partial charge in [-0.1, -0.05) is 33.6 Å². The molecule has 7 heteroatoms. The van der Waals surface area contributed by atoms with E-state index < -0.39 is 5.91 Å². The summed E-state index contributed by atoms with van der Waals surface area (Å²) < 4.78 is 6.50. The van der Waals surface area contributed by atoms with Gasteiger partial charge in [-0.2, -0.15) is 0 Å². The number of carbonyl (C=O) groups excluding carboxylic acids is 2. The lowest BCUT2D eigenvalue weighted by atomic mass is 10.1. The van der Waals surface area contributed by atoms with Crippen LogP contribution in [0.4, 0.5) is 5.69 Å². The smallest absolute Gasteiger partial charge is 0.305 e. The van der Waals surface area contributed by atoms with E-state index in [0.717, 1.165) is 26.7 Å². The Hall–Kier alpha value is -2.80. The number of hydrogen-bond acceptors (Lipinski definition) is 4. The Kier molecular flexibility index (Phi) is 5.51. The van der Waals surface area contributed by atoms with Crippen molar-refractivity contribution in [3.8, 4) is 0 Å². The van der Waals surface area contributed by atoms with Crippen molar-refractivity contribution in [1.29, 1.82) is 0 Å². The van der Waals surface area contributed by atoms with Crippen molar-refractivity contribution in [2.24, 2.45) is 0 Å². The standard InChI is InChI=1S/C20H20BrN3O3/c1-11-4-6-16(12(2)8-11)22-10-18(25)23-24-20(26)19-13(3)15-9-14(21)5-7-17(15)27-19/h4-9,22H,10H2,1-3H3,(H,23,25)(H,24,26). The number of halogens is 1. The number of fused-ring (bicyclic) bond motifs is 1. The highest BCUT2D eigenvalue weighted by Crippen LogP contribution is 2.27. The van der Waals surface area contributed by atoms with Crippen molar-refractivity contribution in [2.75, 3.05) is 11.9 Å². The predicted octanol–water partition coefficient (Wildman–Crippen LogP) is 3.99. The molecule has 0 aliphatic carbocycles. The monoisotopic (exact) mass is 429 g/mol. The van der Waals surface area contributed by atoms with Crippen molar-refractivity contribution < 1.29 is 14.0 Å². The molecule has 6 nitrogen and oxygen atoms in total. The minimum absolute atomic E-state index is 0.0379. The SMILES string of the molecule is Cc1ccc(NCC(=O)NNC(=O)c2oc3ccc(Br)cc3c2C)c(C)c1. The first-order chi connectivity index (χ1) is 12.8. The van der Waals surface area contributed by atoms with Gasteiger partial charge in [-0.05, 0) is 50.6 Å². The summed E-state index contributed by atoms with van der Waals surface area (Å²) >= 11 is 3.40. The Morgan fingerprint density at radius 3 is 2.56 bits per heavy atom. The zero-order valence-corrected chi connectivity index (χ0v) is 16.9. The van der Waals surface area contributed by atoms with Gasteiger partial charge in [0.1, 0.15) is 5.58 Å². The second-order valence-corrected chi connectivity index (χ2v) is 7.29. The molecule has 3 rings (SSSR count). The van der Waals surface area contributed by atoms with E-state index in [2.05, 4.69) is 32.1 Å². The molecule has 27 heavy (non-hydrogen) atoms. The summed E-state index contributed by atoms with van der Waals surface area (Å²) in [5.41, 5.74) is 9.20. The molecule has 3 aromatic rings. The molecule has 0 spiro atoms.